The van der Waals surface area contributed by atoms with Crippen LogP contribution >= 0.6 is 0 Å². The molecule has 0 spiro atoms. The van der Waals surface area contributed by atoms with E-state index in [4.69, 9.17) is 0 Å². The summed E-state index contributed by atoms with van der Waals surface area (Å²) in [4.78, 5) is -0.522. The number of nitrogens with one attached hydrogen (secondary N) is 2. The van der Waals surface area contributed by atoms with E-state index in [0.717, 1.165) is 18.7 Å². The van der Waals surface area contributed by atoms with E-state index in [1.165, 1.54) is 0 Å². The van der Waals surface area contributed by atoms with Crippen LogP contribution < -0.4 is 10.0 Å². The van der Waals surface area contributed by atoms with Crippen molar-refractivity contribution in [1.82, 2.24) is 10.0 Å². The summed E-state index contributed by atoms with van der Waals surface area (Å²) in [5.74, 6) is -1.88. The molecular formula is C10H12F2N2O2S. The van der Waals surface area contributed by atoms with Crippen LogP contribution in [-0.2, 0) is 10.0 Å². The first-order valence-corrected chi connectivity index (χ1v) is 6.65. The maximum absolute atomic E-state index is 13.3. The Hall–Kier alpha value is -1.05. The summed E-state index contributed by atoms with van der Waals surface area (Å²) >= 11 is 0. The summed E-state index contributed by atoms with van der Waals surface area (Å²) in [6, 6.07) is 2.16. The third-order valence-corrected chi connectivity index (χ3v) is 4.12. The van der Waals surface area contributed by atoms with Crippen LogP contribution in [0.4, 0.5) is 8.78 Å². The summed E-state index contributed by atoms with van der Waals surface area (Å²) in [5.41, 5.74) is 0. The molecule has 2 N–H and O–H groups in total. The van der Waals surface area contributed by atoms with Gasteiger partial charge in [-0.3, -0.25) is 0 Å². The second kappa shape index (κ2) is 4.67. The molecule has 0 unspecified atom stereocenters. The highest BCUT2D eigenvalue weighted by molar-refractivity contribution is 7.89. The fourth-order valence-corrected chi connectivity index (χ4v) is 3.06. The van der Waals surface area contributed by atoms with E-state index in [-0.39, 0.29) is 6.04 Å². The number of hydrogen-bond acceptors (Lipinski definition) is 3. The van der Waals surface area contributed by atoms with Crippen molar-refractivity contribution in [2.75, 3.05) is 13.1 Å². The molecule has 1 aliphatic rings. The lowest BCUT2D eigenvalue weighted by Crippen LogP contribution is -2.36. The van der Waals surface area contributed by atoms with Gasteiger partial charge in [-0.25, -0.2) is 21.9 Å². The molecule has 1 heterocycles. The second-order valence-corrected chi connectivity index (χ2v) is 5.57. The molecule has 0 radical (unpaired) electrons. The molecule has 0 bridgehead atoms. The van der Waals surface area contributed by atoms with Crippen molar-refractivity contribution in [3.8, 4) is 0 Å². The second-order valence-electron chi connectivity index (χ2n) is 3.89. The molecule has 94 valence electrons. The molecule has 0 aliphatic carbocycles. The van der Waals surface area contributed by atoms with Gasteiger partial charge in [-0.15, -0.1) is 0 Å². The maximum atomic E-state index is 13.3. The quantitative estimate of drug-likeness (QED) is 0.839. The Morgan fingerprint density at radius 1 is 1.35 bits per heavy atom. The normalized spacial score (nSPS) is 20.7. The first-order chi connectivity index (χ1) is 7.99. The Kier molecular flexibility index (Phi) is 3.41. The van der Waals surface area contributed by atoms with Crippen LogP contribution in [0.2, 0.25) is 0 Å². The van der Waals surface area contributed by atoms with Crippen molar-refractivity contribution in [2.45, 2.75) is 17.4 Å². The molecule has 1 saturated heterocycles. The van der Waals surface area contributed by atoms with Gasteiger partial charge in [0, 0.05) is 18.7 Å². The minimum atomic E-state index is -3.92. The zero-order chi connectivity index (χ0) is 12.5. The average molecular weight is 262 g/mol. The molecule has 1 aliphatic heterocycles. The molecule has 0 saturated carbocycles. The van der Waals surface area contributed by atoms with E-state index >= 15 is 0 Å². The lowest BCUT2D eigenvalue weighted by Gasteiger charge is -2.12. The molecule has 7 heteroatoms. The van der Waals surface area contributed by atoms with E-state index in [2.05, 4.69) is 10.0 Å². The van der Waals surface area contributed by atoms with Crippen LogP contribution in [0.3, 0.4) is 0 Å². The van der Waals surface area contributed by atoms with Crippen molar-refractivity contribution in [3.63, 3.8) is 0 Å². The summed E-state index contributed by atoms with van der Waals surface area (Å²) < 4.78 is 52.0. The number of rotatable bonds is 3. The van der Waals surface area contributed by atoms with E-state index in [1.807, 2.05) is 0 Å². The van der Waals surface area contributed by atoms with Crippen molar-refractivity contribution >= 4 is 10.0 Å². The van der Waals surface area contributed by atoms with Gasteiger partial charge >= 0.3 is 0 Å². The molecule has 0 amide bonds. The average Bonchev–Trinajstić information content (AvgIpc) is 2.68. The molecular weight excluding hydrogens is 250 g/mol. The summed E-state index contributed by atoms with van der Waals surface area (Å²) in [6.45, 7) is 1.24. The topological polar surface area (TPSA) is 58.2 Å². The van der Waals surface area contributed by atoms with Gasteiger partial charge < -0.3 is 5.32 Å². The van der Waals surface area contributed by atoms with Gasteiger partial charge in [-0.1, -0.05) is 0 Å². The summed E-state index contributed by atoms with van der Waals surface area (Å²) in [6.07, 6.45) is 0.655. The highest BCUT2D eigenvalue weighted by Gasteiger charge is 2.25. The van der Waals surface area contributed by atoms with Crippen LogP contribution in [-0.4, -0.2) is 27.5 Å². The minimum absolute atomic E-state index is 0.246. The number of halogens is 2. The predicted molar refractivity (Wildman–Crippen MR) is 58.0 cm³/mol. The number of benzene rings is 1. The van der Waals surface area contributed by atoms with Crippen molar-refractivity contribution < 1.29 is 17.2 Å². The van der Waals surface area contributed by atoms with E-state index in [9.17, 15) is 17.2 Å². The Morgan fingerprint density at radius 2 is 2.12 bits per heavy atom. The van der Waals surface area contributed by atoms with Crippen LogP contribution in [0.5, 0.6) is 0 Å². The third-order valence-electron chi connectivity index (χ3n) is 2.57. The Labute approximate surface area is 98.1 Å². The van der Waals surface area contributed by atoms with E-state index < -0.39 is 26.6 Å². The lowest BCUT2D eigenvalue weighted by molar-refractivity contribution is 0.533. The molecule has 17 heavy (non-hydrogen) atoms. The molecule has 1 aromatic rings. The molecule has 1 aromatic carbocycles. The Morgan fingerprint density at radius 3 is 2.71 bits per heavy atom. The zero-order valence-corrected chi connectivity index (χ0v) is 9.73. The predicted octanol–water partition coefficient (Wildman–Crippen LogP) is 0.605. The smallest absolute Gasteiger partial charge is 0.243 e. The van der Waals surface area contributed by atoms with Crippen LogP contribution in [0, 0.1) is 11.6 Å². The van der Waals surface area contributed by atoms with Gasteiger partial charge in [-0.05, 0) is 25.1 Å². The van der Waals surface area contributed by atoms with Crippen molar-refractivity contribution in [3.05, 3.63) is 29.8 Å². The first-order valence-electron chi connectivity index (χ1n) is 5.17. The Bertz CT molecular complexity index is 513. The minimum Gasteiger partial charge on any atom is -0.315 e. The first kappa shape index (κ1) is 12.4. The van der Waals surface area contributed by atoms with E-state index in [0.29, 0.717) is 19.0 Å². The largest absolute Gasteiger partial charge is 0.315 e. The standard InChI is InChI=1S/C10H12F2N2O2S/c11-7-1-2-10(9(12)5-7)17(15,16)14-8-3-4-13-6-8/h1-2,5,8,13-14H,3-4,6H2/t8-/m1/s1. The van der Waals surface area contributed by atoms with Crippen LogP contribution in [0.1, 0.15) is 6.42 Å². The Balaban J connectivity index is 2.24. The molecule has 4 nitrogen and oxygen atoms in total. The van der Waals surface area contributed by atoms with Crippen LogP contribution in [0.15, 0.2) is 23.1 Å². The van der Waals surface area contributed by atoms with Gasteiger partial charge in [0.2, 0.25) is 10.0 Å². The summed E-state index contributed by atoms with van der Waals surface area (Å²) in [7, 11) is -3.92. The van der Waals surface area contributed by atoms with Gasteiger partial charge in [0.25, 0.3) is 0 Å². The van der Waals surface area contributed by atoms with Crippen molar-refractivity contribution in [2.24, 2.45) is 0 Å². The summed E-state index contributed by atoms with van der Waals surface area (Å²) in [5, 5.41) is 2.99. The number of hydrogen-bond donors (Lipinski definition) is 2. The molecule has 2 rings (SSSR count). The van der Waals surface area contributed by atoms with Gasteiger partial charge in [0.05, 0.1) is 0 Å². The SMILES string of the molecule is O=S(=O)(N[C@@H]1CCNC1)c1ccc(F)cc1F. The van der Waals surface area contributed by atoms with Gasteiger partial charge in [-0.2, -0.15) is 0 Å². The lowest BCUT2D eigenvalue weighted by atomic mass is 10.3. The van der Waals surface area contributed by atoms with Gasteiger partial charge in [0.1, 0.15) is 16.5 Å². The molecule has 1 atom stereocenters. The zero-order valence-electron chi connectivity index (χ0n) is 8.91. The van der Waals surface area contributed by atoms with E-state index in [1.54, 1.807) is 0 Å². The van der Waals surface area contributed by atoms with Gasteiger partial charge in [0.15, 0.2) is 0 Å². The monoisotopic (exact) mass is 262 g/mol. The fraction of sp³-hybridized carbons (Fsp3) is 0.400. The van der Waals surface area contributed by atoms with Crippen molar-refractivity contribution in [1.29, 1.82) is 0 Å². The fourth-order valence-electron chi connectivity index (χ4n) is 1.73. The number of sulfonamides is 1. The third kappa shape index (κ3) is 2.80. The maximum Gasteiger partial charge on any atom is 0.243 e. The molecule has 1 fully saturated rings. The highest BCUT2D eigenvalue weighted by Crippen LogP contribution is 2.16. The molecule has 0 aromatic heterocycles. The highest BCUT2D eigenvalue weighted by atomic mass is 32.2. The van der Waals surface area contributed by atoms with Crippen LogP contribution in [0.25, 0.3) is 0 Å².